The third-order valence-corrected chi connectivity index (χ3v) is 4.59. The predicted molar refractivity (Wildman–Crippen MR) is 92.4 cm³/mol. The average molecular weight is 371 g/mol. The molecule has 2 aromatic heterocycles. The Morgan fingerprint density at radius 3 is 2.70 bits per heavy atom. The molecule has 1 aliphatic rings. The van der Waals surface area contributed by atoms with Gasteiger partial charge in [0, 0.05) is 16.8 Å². The molecule has 0 aliphatic heterocycles. The maximum atomic E-state index is 11.9. The van der Waals surface area contributed by atoms with Crippen LogP contribution in [0.3, 0.4) is 0 Å². The van der Waals surface area contributed by atoms with Gasteiger partial charge in [-0.1, -0.05) is 46.3 Å². The number of hydrogen-bond donors (Lipinski definition) is 1. The maximum absolute atomic E-state index is 11.9. The summed E-state index contributed by atoms with van der Waals surface area (Å²) in [5.74, 6) is 0.522. The number of nitrogens with zero attached hydrogens (tertiary/aromatic N) is 3. The molecule has 116 valence electrons. The molecule has 0 saturated heterocycles. The second-order valence-corrected chi connectivity index (χ2v) is 6.27. The Morgan fingerprint density at radius 1 is 1.22 bits per heavy atom. The highest BCUT2D eigenvalue weighted by Crippen LogP contribution is 2.30. The molecule has 0 atom stereocenters. The molecule has 23 heavy (non-hydrogen) atoms. The number of benzene rings is 1. The summed E-state index contributed by atoms with van der Waals surface area (Å²) in [6, 6.07) is 14.1. The quantitative estimate of drug-likeness (QED) is 0.713. The Morgan fingerprint density at radius 2 is 2.00 bits per heavy atom. The van der Waals surface area contributed by atoms with Gasteiger partial charge in [-0.15, -0.1) is 5.10 Å². The first-order valence-electron chi connectivity index (χ1n) is 7.56. The number of amides is 1. The molecule has 0 unspecified atom stereocenters. The normalized spacial score (nSPS) is 14.1. The molecule has 1 saturated carbocycles. The number of aromatic nitrogens is 3. The fraction of sp³-hybridized carbons (Fsp3) is 0.235. The van der Waals surface area contributed by atoms with Gasteiger partial charge in [-0.2, -0.15) is 4.98 Å². The molecule has 0 radical (unpaired) electrons. The SMILES string of the molecule is O=C(Nc1nc2cccc(-c3ccc(CBr)cc3)n2n1)C1CC1. The Balaban J connectivity index is 1.71. The topological polar surface area (TPSA) is 59.3 Å². The molecule has 5 nitrogen and oxygen atoms in total. The summed E-state index contributed by atoms with van der Waals surface area (Å²) in [6.07, 6.45) is 1.93. The van der Waals surface area contributed by atoms with Crippen LogP contribution in [0.1, 0.15) is 18.4 Å². The Bertz CT molecular complexity index is 868. The van der Waals surface area contributed by atoms with Gasteiger partial charge in [0.2, 0.25) is 11.9 Å². The van der Waals surface area contributed by atoms with Crippen molar-refractivity contribution in [2.75, 3.05) is 5.32 Å². The molecule has 1 amide bonds. The zero-order chi connectivity index (χ0) is 15.8. The third-order valence-electron chi connectivity index (χ3n) is 3.95. The molecule has 0 bridgehead atoms. The summed E-state index contributed by atoms with van der Waals surface area (Å²) < 4.78 is 1.77. The standard InChI is InChI=1S/C17H15BrN4O/c18-10-11-4-6-12(7-5-11)14-2-1-3-15-19-17(21-22(14)15)20-16(23)13-8-9-13/h1-7,13H,8-10H2,(H,20,21,23). The van der Waals surface area contributed by atoms with Crippen molar-refractivity contribution >= 4 is 33.4 Å². The second-order valence-electron chi connectivity index (χ2n) is 5.71. The Hall–Kier alpha value is -2.21. The van der Waals surface area contributed by atoms with Crippen LogP contribution < -0.4 is 5.32 Å². The lowest BCUT2D eigenvalue weighted by Gasteiger charge is -2.05. The number of rotatable bonds is 4. The van der Waals surface area contributed by atoms with E-state index in [1.165, 1.54) is 5.56 Å². The lowest BCUT2D eigenvalue weighted by Crippen LogP contribution is -2.14. The summed E-state index contributed by atoms with van der Waals surface area (Å²) >= 11 is 3.45. The van der Waals surface area contributed by atoms with E-state index in [9.17, 15) is 4.79 Å². The first-order chi connectivity index (χ1) is 11.2. The third kappa shape index (κ3) is 2.86. The van der Waals surface area contributed by atoms with E-state index in [2.05, 4.69) is 55.6 Å². The summed E-state index contributed by atoms with van der Waals surface area (Å²) in [6.45, 7) is 0. The van der Waals surface area contributed by atoms with Gasteiger partial charge in [0.05, 0.1) is 5.69 Å². The van der Waals surface area contributed by atoms with Gasteiger partial charge < -0.3 is 0 Å². The number of nitrogens with one attached hydrogen (secondary N) is 1. The fourth-order valence-electron chi connectivity index (χ4n) is 2.50. The first-order valence-corrected chi connectivity index (χ1v) is 8.68. The smallest absolute Gasteiger partial charge is 0.249 e. The molecule has 1 aromatic carbocycles. The highest BCUT2D eigenvalue weighted by Gasteiger charge is 2.30. The Kier molecular flexibility index (Phi) is 3.61. The van der Waals surface area contributed by atoms with E-state index in [4.69, 9.17) is 0 Å². The summed E-state index contributed by atoms with van der Waals surface area (Å²) in [4.78, 5) is 16.3. The molecule has 0 spiro atoms. The summed E-state index contributed by atoms with van der Waals surface area (Å²) in [5.41, 5.74) is 3.95. The molecule has 4 rings (SSSR count). The van der Waals surface area contributed by atoms with Gasteiger partial charge >= 0.3 is 0 Å². The lowest BCUT2D eigenvalue weighted by atomic mass is 10.1. The van der Waals surface area contributed by atoms with E-state index in [0.717, 1.165) is 35.1 Å². The van der Waals surface area contributed by atoms with Gasteiger partial charge in [-0.3, -0.25) is 10.1 Å². The molecule has 3 aromatic rings. The van der Waals surface area contributed by atoms with Crippen molar-refractivity contribution in [3.63, 3.8) is 0 Å². The predicted octanol–water partition coefficient (Wildman–Crippen LogP) is 3.64. The number of fused-ring (bicyclic) bond motifs is 1. The van der Waals surface area contributed by atoms with Crippen LogP contribution in [0.4, 0.5) is 5.95 Å². The molecular formula is C17H15BrN4O. The number of hydrogen-bond acceptors (Lipinski definition) is 3. The zero-order valence-electron chi connectivity index (χ0n) is 12.4. The molecule has 6 heteroatoms. The minimum absolute atomic E-state index is 0.0177. The van der Waals surface area contributed by atoms with E-state index in [0.29, 0.717) is 5.95 Å². The van der Waals surface area contributed by atoms with Gasteiger partial charge in [-0.05, 0) is 30.5 Å². The van der Waals surface area contributed by atoms with Crippen LogP contribution in [0.2, 0.25) is 0 Å². The number of anilines is 1. The van der Waals surface area contributed by atoms with Gasteiger partial charge in [0.15, 0.2) is 5.65 Å². The minimum atomic E-state index is 0.0177. The van der Waals surface area contributed by atoms with Crippen LogP contribution in [0.5, 0.6) is 0 Å². The molecule has 1 fully saturated rings. The van der Waals surface area contributed by atoms with Crippen molar-refractivity contribution in [2.24, 2.45) is 5.92 Å². The van der Waals surface area contributed by atoms with Crippen LogP contribution in [-0.2, 0) is 10.1 Å². The van der Waals surface area contributed by atoms with Crippen LogP contribution in [0.15, 0.2) is 42.5 Å². The fourth-order valence-corrected chi connectivity index (χ4v) is 2.87. The van der Waals surface area contributed by atoms with Crippen molar-refractivity contribution in [1.29, 1.82) is 0 Å². The largest absolute Gasteiger partial charge is 0.293 e. The monoisotopic (exact) mass is 370 g/mol. The molecule has 2 heterocycles. The van der Waals surface area contributed by atoms with E-state index in [1.54, 1.807) is 4.52 Å². The van der Waals surface area contributed by atoms with Crippen molar-refractivity contribution in [3.05, 3.63) is 48.0 Å². The molecule has 1 N–H and O–H groups in total. The van der Waals surface area contributed by atoms with Crippen LogP contribution in [-0.4, -0.2) is 20.5 Å². The van der Waals surface area contributed by atoms with E-state index in [-0.39, 0.29) is 11.8 Å². The Labute approximate surface area is 141 Å². The van der Waals surface area contributed by atoms with Crippen LogP contribution in [0, 0.1) is 5.92 Å². The van der Waals surface area contributed by atoms with Gasteiger partial charge in [-0.25, -0.2) is 4.52 Å². The zero-order valence-corrected chi connectivity index (χ0v) is 14.0. The van der Waals surface area contributed by atoms with Crippen molar-refractivity contribution < 1.29 is 4.79 Å². The number of carbonyl (C=O) groups is 1. The van der Waals surface area contributed by atoms with E-state index >= 15 is 0 Å². The summed E-state index contributed by atoms with van der Waals surface area (Å²) in [5, 5.41) is 8.08. The van der Waals surface area contributed by atoms with Crippen LogP contribution >= 0.6 is 15.9 Å². The summed E-state index contributed by atoms with van der Waals surface area (Å²) in [7, 11) is 0. The van der Waals surface area contributed by atoms with Gasteiger partial charge in [0.1, 0.15) is 0 Å². The van der Waals surface area contributed by atoms with Gasteiger partial charge in [0.25, 0.3) is 0 Å². The van der Waals surface area contributed by atoms with E-state index < -0.39 is 0 Å². The molecule has 1 aliphatic carbocycles. The average Bonchev–Trinajstić information content (AvgIpc) is 3.35. The number of alkyl halides is 1. The highest BCUT2D eigenvalue weighted by molar-refractivity contribution is 9.08. The lowest BCUT2D eigenvalue weighted by molar-refractivity contribution is -0.117. The highest BCUT2D eigenvalue weighted by atomic mass is 79.9. The van der Waals surface area contributed by atoms with Crippen molar-refractivity contribution in [3.8, 4) is 11.3 Å². The van der Waals surface area contributed by atoms with Crippen molar-refractivity contribution in [2.45, 2.75) is 18.2 Å². The first kappa shape index (κ1) is 14.4. The van der Waals surface area contributed by atoms with Crippen LogP contribution in [0.25, 0.3) is 16.9 Å². The minimum Gasteiger partial charge on any atom is -0.293 e. The molecular weight excluding hydrogens is 356 g/mol. The number of pyridine rings is 1. The van der Waals surface area contributed by atoms with E-state index in [1.807, 2.05) is 18.2 Å². The number of halogens is 1. The maximum Gasteiger partial charge on any atom is 0.249 e. The second kappa shape index (κ2) is 5.77. The number of carbonyl (C=O) groups excluding carboxylic acids is 1. The van der Waals surface area contributed by atoms with Crippen molar-refractivity contribution in [1.82, 2.24) is 14.6 Å².